The van der Waals surface area contributed by atoms with Crippen molar-refractivity contribution in [3.05, 3.63) is 44.7 Å². The number of sulfonamides is 1. The molecule has 1 aromatic carbocycles. The smallest absolute Gasteiger partial charge is 0.340 e. The van der Waals surface area contributed by atoms with E-state index in [1.807, 2.05) is 0 Å². The molecular weight excluding hydrogens is 370 g/mol. The second-order valence-electron chi connectivity index (χ2n) is 4.79. The van der Waals surface area contributed by atoms with E-state index in [0.717, 1.165) is 13.3 Å². The van der Waals surface area contributed by atoms with Gasteiger partial charge >= 0.3 is 11.7 Å². The minimum Gasteiger partial charge on any atom is -0.493 e. The lowest BCUT2D eigenvalue weighted by Gasteiger charge is -2.15. The quantitative estimate of drug-likeness (QED) is 0.570. The SMILES string of the molecule is COC(=O)c1cc(OC)c(OC)cc1NS(=O)(=O)c1c[nH]c(=O)[nH]c1=O. The highest BCUT2D eigenvalue weighted by atomic mass is 32.2. The molecule has 0 fully saturated rings. The van der Waals surface area contributed by atoms with Crippen LogP contribution in [0.3, 0.4) is 0 Å². The first-order valence-corrected chi connectivity index (χ1v) is 8.41. The van der Waals surface area contributed by atoms with Crippen LogP contribution in [-0.4, -0.2) is 45.7 Å². The minimum absolute atomic E-state index is 0.133. The Hall–Kier alpha value is -3.28. The summed E-state index contributed by atoms with van der Waals surface area (Å²) in [5.74, 6) is -0.551. The van der Waals surface area contributed by atoms with E-state index >= 15 is 0 Å². The number of esters is 1. The van der Waals surface area contributed by atoms with Crippen molar-refractivity contribution >= 4 is 21.7 Å². The summed E-state index contributed by atoms with van der Waals surface area (Å²) in [6.07, 6.45) is 0.738. The molecule has 0 bridgehead atoms. The Morgan fingerprint density at radius 1 is 1.08 bits per heavy atom. The molecule has 0 amide bonds. The first-order valence-electron chi connectivity index (χ1n) is 6.92. The normalized spacial score (nSPS) is 10.9. The molecule has 0 aliphatic heterocycles. The Labute approximate surface area is 147 Å². The molecule has 0 saturated heterocycles. The number of rotatable bonds is 6. The molecule has 3 N–H and O–H groups in total. The Kier molecular flexibility index (Phi) is 5.35. The van der Waals surface area contributed by atoms with Crippen LogP contribution in [0, 0.1) is 0 Å². The lowest BCUT2D eigenvalue weighted by atomic mass is 10.1. The first kappa shape index (κ1) is 19.1. The standard InChI is InChI=1S/C14H15N3O8S/c1-23-9-4-7(13(19)25-3)8(5-10(9)24-2)17-26(21,22)11-6-15-14(20)16-12(11)18/h4-6,17H,1-3H3,(H2,15,16,18,20). The summed E-state index contributed by atoms with van der Waals surface area (Å²) in [5.41, 5.74) is -2.37. The molecule has 0 saturated carbocycles. The zero-order valence-electron chi connectivity index (χ0n) is 13.9. The molecule has 1 heterocycles. The molecule has 2 aromatic rings. The van der Waals surface area contributed by atoms with E-state index in [1.54, 1.807) is 4.98 Å². The third-order valence-corrected chi connectivity index (χ3v) is 4.62. The van der Waals surface area contributed by atoms with Gasteiger partial charge in [-0.1, -0.05) is 0 Å². The third-order valence-electron chi connectivity index (χ3n) is 3.25. The third kappa shape index (κ3) is 3.69. The van der Waals surface area contributed by atoms with Gasteiger partial charge in [-0.15, -0.1) is 0 Å². The van der Waals surface area contributed by atoms with E-state index in [0.29, 0.717) is 0 Å². The summed E-state index contributed by atoms with van der Waals surface area (Å²) in [4.78, 5) is 37.9. The molecule has 0 unspecified atom stereocenters. The molecule has 0 radical (unpaired) electrons. The van der Waals surface area contributed by atoms with Gasteiger partial charge in [0.05, 0.1) is 32.6 Å². The number of hydrogen-bond donors (Lipinski definition) is 3. The van der Waals surface area contributed by atoms with Gasteiger partial charge in [0.25, 0.3) is 15.6 Å². The number of aromatic nitrogens is 2. The molecule has 12 heteroatoms. The Morgan fingerprint density at radius 3 is 2.23 bits per heavy atom. The summed E-state index contributed by atoms with van der Waals surface area (Å²) in [6.45, 7) is 0. The number of methoxy groups -OCH3 is 3. The number of ether oxygens (including phenoxy) is 3. The highest BCUT2D eigenvalue weighted by Gasteiger charge is 2.24. The van der Waals surface area contributed by atoms with Crippen LogP contribution in [0.4, 0.5) is 5.69 Å². The summed E-state index contributed by atoms with van der Waals surface area (Å²) >= 11 is 0. The van der Waals surface area contributed by atoms with Gasteiger partial charge in [-0.2, -0.15) is 0 Å². The maximum Gasteiger partial charge on any atom is 0.340 e. The Bertz CT molecular complexity index is 1050. The molecule has 140 valence electrons. The highest BCUT2D eigenvalue weighted by Crippen LogP contribution is 2.34. The maximum atomic E-state index is 12.5. The van der Waals surface area contributed by atoms with Crippen LogP contribution < -0.4 is 25.4 Å². The highest BCUT2D eigenvalue weighted by molar-refractivity contribution is 7.92. The van der Waals surface area contributed by atoms with Crippen molar-refractivity contribution in [2.24, 2.45) is 0 Å². The average Bonchev–Trinajstić information content (AvgIpc) is 2.59. The average molecular weight is 385 g/mol. The fourth-order valence-corrected chi connectivity index (χ4v) is 3.12. The Balaban J connectivity index is 2.61. The molecule has 0 spiro atoms. The van der Waals surface area contributed by atoms with Gasteiger partial charge in [0.15, 0.2) is 16.4 Å². The summed E-state index contributed by atoms with van der Waals surface area (Å²) in [7, 11) is -0.667. The van der Waals surface area contributed by atoms with Crippen LogP contribution >= 0.6 is 0 Å². The van der Waals surface area contributed by atoms with Crippen molar-refractivity contribution in [2.75, 3.05) is 26.1 Å². The van der Waals surface area contributed by atoms with E-state index in [-0.39, 0.29) is 22.7 Å². The van der Waals surface area contributed by atoms with Crippen LogP contribution in [0.2, 0.25) is 0 Å². The first-order chi connectivity index (χ1) is 12.2. The second kappa shape index (κ2) is 7.31. The van der Waals surface area contributed by atoms with Crippen LogP contribution in [0.15, 0.2) is 32.8 Å². The lowest BCUT2D eigenvalue weighted by molar-refractivity contribution is 0.0601. The molecule has 0 aliphatic rings. The number of benzene rings is 1. The van der Waals surface area contributed by atoms with E-state index < -0.39 is 32.1 Å². The molecule has 1 aromatic heterocycles. The van der Waals surface area contributed by atoms with E-state index in [1.165, 1.54) is 26.4 Å². The zero-order valence-corrected chi connectivity index (χ0v) is 14.7. The number of carbonyl (C=O) groups is 1. The van der Waals surface area contributed by atoms with Crippen molar-refractivity contribution in [2.45, 2.75) is 4.90 Å². The monoisotopic (exact) mass is 385 g/mol. The predicted molar refractivity (Wildman–Crippen MR) is 89.4 cm³/mol. The predicted octanol–water partition coefficient (Wildman–Crippen LogP) is -0.332. The van der Waals surface area contributed by atoms with Crippen molar-refractivity contribution in [1.29, 1.82) is 0 Å². The summed E-state index contributed by atoms with van der Waals surface area (Å²) in [6, 6.07) is 2.42. The number of carbonyl (C=O) groups excluding carboxylic acids is 1. The maximum absolute atomic E-state index is 12.5. The summed E-state index contributed by atoms with van der Waals surface area (Å²) < 4.78 is 41.8. The Morgan fingerprint density at radius 2 is 1.69 bits per heavy atom. The topological polar surface area (TPSA) is 157 Å². The van der Waals surface area contributed by atoms with Crippen molar-refractivity contribution in [3.63, 3.8) is 0 Å². The van der Waals surface area contributed by atoms with E-state index in [4.69, 9.17) is 9.47 Å². The fourth-order valence-electron chi connectivity index (χ4n) is 2.04. The number of aromatic amines is 2. The minimum atomic E-state index is -4.44. The van der Waals surface area contributed by atoms with Crippen LogP contribution in [-0.2, 0) is 14.8 Å². The number of anilines is 1. The fraction of sp³-hybridized carbons (Fsp3) is 0.214. The van der Waals surface area contributed by atoms with Gasteiger partial charge in [0.1, 0.15) is 0 Å². The van der Waals surface area contributed by atoms with E-state index in [9.17, 15) is 22.8 Å². The molecule has 0 atom stereocenters. The number of H-pyrrole nitrogens is 2. The molecule has 0 aliphatic carbocycles. The van der Waals surface area contributed by atoms with Gasteiger partial charge in [0, 0.05) is 18.3 Å². The molecule has 2 rings (SSSR count). The van der Waals surface area contributed by atoms with Crippen LogP contribution in [0.25, 0.3) is 0 Å². The van der Waals surface area contributed by atoms with E-state index in [2.05, 4.69) is 14.4 Å². The zero-order chi connectivity index (χ0) is 19.5. The van der Waals surface area contributed by atoms with Gasteiger partial charge < -0.3 is 19.2 Å². The van der Waals surface area contributed by atoms with Gasteiger partial charge in [0.2, 0.25) is 0 Å². The van der Waals surface area contributed by atoms with Crippen molar-refractivity contribution in [3.8, 4) is 11.5 Å². The molecular formula is C14H15N3O8S. The largest absolute Gasteiger partial charge is 0.493 e. The van der Waals surface area contributed by atoms with Gasteiger partial charge in [-0.3, -0.25) is 14.5 Å². The van der Waals surface area contributed by atoms with Crippen molar-refractivity contribution in [1.82, 2.24) is 9.97 Å². The summed E-state index contributed by atoms with van der Waals surface area (Å²) in [5, 5.41) is 0. The number of hydrogen-bond acceptors (Lipinski definition) is 8. The van der Waals surface area contributed by atoms with Gasteiger partial charge in [-0.25, -0.2) is 18.0 Å². The lowest BCUT2D eigenvalue weighted by Crippen LogP contribution is -2.29. The second-order valence-corrected chi connectivity index (χ2v) is 6.44. The molecule has 11 nitrogen and oxygen atoms in total. The van der Waals surface area contributed by atoms with Gasteiger partial charge in [-0.05, 0) is 0 Å². The van der Waals surface area contributed by atoms with Crippen LogP contribution in [0.5, 0.6) is 11.5 Å². The molecule has 26 heavy (non-hydrogen) atoms. The van der Waals surface area contributed by atoms with Crippen LogP contribution in [0.1, 0.15) is 10.4 Å². The van der Waals surface area contributed by atoms with Crippen molar-refractivity contribution < 1.29 is 27.4 Å². The number of nitrogens with one attached hydrogen (secondary N) is 3.